The van der Waals surface area contributed by atoms with E-state index in [1.165, 1.54) is 30.3 Å². The second-order valence-corrected chi connectivity index (χ2v) is 6.03. The SMILES string of the molecule is Nc1ccc(Oc2ccc(Cl)cc2S(=O)(=O)[O-])c(Cl)c1. The van der Waals surface area contributed by atoms with Crippen LogP contribution >= 0.6 is 23.2 Å². The Morgan fingerprint density at radius 3 is 2.30 bits per heavy atom. The maximum atomic E-state index is 11.2. The van der Waals surface area contributed by atoms with Gasteiger partial charge in [-0.05, 0) is 36.4 Å². The standard InChI is InChI=1S/C12H9Cl2NO4S/c13-7-1-3-11(12(5-7)20(16,17)18)19-10-4-2-8(15)6-9(10)14/h1-6H,15H2,(H,16,17,18)/p-1. The van der Waals surface area contributed by atoms with Gasteiger partial charge in [0.25, 0.3) is 0 Å². The molecule has 0 unspecified atom stereocenters. The van der Waals surface area contributed by atoms with Gasteiger partial charge >= 0.3 is 0 Å². The molecule has 0 atom stereocenters. The Labute approximate surface area is 125 Å². The van der Waals surface area contributed by atoms with Gasteiger partial charge in [-0.25, -0.2) is 8.42 Å². The van der Waals surface area contributed by atoms with E-state index in [1.807, 2.05) is 0 Å². The summed E-state index contributed by atoms with van der Waals surface area (Å²) in [6, 6.07) is 8.13. The minimum Gasteiger partial charge on any atom is -0.744 e. The third kappa shape index (κ3) is 3.34. The van der Waals surface area contributed by atoms with E-state index in [0.717, 1.165) is 6.07 Å². The number of ether oxygens (including phenoxy) is 1. The van der Waals surface area contributed by atoms with Crippen molar-refractivity contribution in [1.29, 1.82) is 0 Å². The van der Waals surface area contributed by atoms with Gasteiger partial charge in [-0.1, -0.05) is 23.2 Å². The molecule has 0 heterocycles. The average molecular weight is 333 g/mol. The first-order valence-corrected chi connectivity index (χ1v) is 7.42. The van der Waals surface area contributed by atoms with Crippen LogP contribution in [0.25, 0.3) is 0 Å². The van der Waals surface area contributed by atoms with Crippen LogP contribution in [-0.2, 0) is 10.1 Å². The highest BCUT2D eigenvalue weighted by atomic mass is 35.5. The third-order valence-corrected chi connectivity index (χ3v) is 3.74. The Balaban J connectivity index is 2.49. The molecule has 0 spiro atoms. The Bertz CT molecular complexity index is 762. The van der Waals surface area contributed by atoms with E-state index in [-0.39, 0.29) is 21.5 Å². The quantitative estimate of drug-likeness (QED) is 0.687. The molecule has 5 nitrogen and oxygen atoms in total. The van der Waals surface area contributed by atoms with E-state index < -0.39 is 15.0 Å². The van der Waals surface area contributed by atoms with Crippen molar-refractivity contribution >= 4 is 39.0 Å². The number of benzene rings is 2. The van der Waals surface area contributed by atoms with Crippen LogP contribution in [0, 0.1) is 0 Å². The first-order chi connectivity index (χ1) is 9.27. The molecule has 20 heavy (non-hydrogen) atoms. The molecule has 0 saturated heterocycles. The van der Waals surface area contributed by atoms with E-state index in [0.29, 0.717) is 5.69 Å². The van der Waals surface area contributed by atoms with Crippen molar-refractivity contribution in [2.24, 2.45) is 0 Å². The second kappa shape index (κ2) is 5.49. The fourth-order valence-corrected chi connectivity index (χ4v) is 2.57. The maximum Gasteiger partial charge on any atom is 0.146 e. The number of halogens is 2. The van der Waals surface area contributed by atoms with Crippen LogP contribution in [0.1, 0.15) is 0 Å². The van der Waals surface area contributed by atoms with Gasteiger partial charge in [0.05, 0.1) is 9.92 Å². The summed E-state index contributed by atoms with van der Waals surface area (Å²) in [6.07, 6.45) is 0. The van der Waals surface area contributed by atoms with Crippen LogP contribution in [0.15, 0.2) is 41.3 Å². The lowest BCUT2D eigenvalue weighted by Crippen LogP contribution is -2.01. The van der Waals surface area contributed by atoms with Gasteiger partial charge in [0.1, 0.15) is 21.6 Å². The zero-order valence-electron chi connectivity index (χ0n) is 9.84. The van der Waals surface area contributed by atoms with Gasteiger partial charge in [-0.2, -0.15) is 0 Å². The molecule has 8 heteroatoms. The number of nitrogen functional groups attached to an aromatic ring is 1. The normalized spacial score (nSPS) is 11.3. The molecular weight excluding hydrogens is 325 g/mol. The molecule has 0 saturated carbocycles. The summed E-state index contributed by atoms with van der Waals surface area (Å²) in [5.74, 6) is 0.0177. The van der Waals surface area contributed by atoms with Crippen molar-refractivity contribution in [1.82, 2.24) is 0 Å². The smallest absolute Gasteiger partial charge is 0.146 e. The predicted molar refractivity (Wildman–Crippen MR) is 75.4 cm³/mol. The van der Waals surface area contributed by atoms with Gasteiger partial charge in [-0.3, -0.25) is 0 Å². The molecule has 2 N–H and O–H groups in total. The van der Waals surface area contributed by atoms with Crippen LogP contribution in [0.3, 0.4) is 0 Å². The Kier molecular flexibility index (Phi) is 4.10. The molecule has 0 bridgehead atoms. The molecule has 2 rings (SSSR count). The number of anilines is 1. The first kappa shape index (κ1) is 14.9. The van der Waals surface area contributed by atoms with E-state index in [1.54, 1.807) is 0 Å². The van der Waals surface area contributed by atoms with E-state index in [4.69, 9.17) is 33.7 Å². The molecule has 0 fully saturated rings. The van der Waals surface area contributed by atoms with Crippen molar-refractivity contribution in [2.45, 2.75) is 4.90 Å². The topological polar surface area (TPSA) is 92.5 Å². The van der Waals surface area contributed by atoms with Gasteiger partial charge < -0.3 is 15.0 Å². The maximum absolute atomic E-state index is 11.2. The fourth-order valence-electron chi connectivity index (χ4n) is 1.48. The van der Waals surface area contributed by atoms with Crippen molar-refractivity contribution in [2.75, 3.05) is 5.73 Å². The van der Waals surface area contributed by atoms with Crippen LogP contribution in [-0.4, -0.2) is 13.0 Å². The number of rotatable bonds is 3. The van der Waals surface area contributed by atoms with E-state index in [2.05, 4.69) is 0 Å². The largest absolute Gasteiger partial charge is 0.744 e. The predicted octanol–water partition coefficient (Wildman–Crippen LogP) is 3.27. The molecule has 2 aromatic carbocycles. The molecule has 0 aliphatic rings. The second-order valence-electron chi connectivity index (χ2n) is 3.84. The van der Waals surface area contributed by atoms with Gasteiger partial charge in [0.15, 0.2) is 0 Å². The Morgan fingerprint density at radius 2 is 1.70 bits per heavy atom. The zero-order chi connectivity index (χ0) is 14.9. The summed E-state index contributed by atoms with van der Waals surface area (Å²) in [5.41, 5.74) is 5.96. The lowest BCUT2D eigenvalue weighted by Gasteiger charge is -2.15. The summed E-state index contributed by atoms with van der Waals surface area (Å²) in [6.45, 7) is 0. The van der Waals surface area contributed by atoms with Crippen molar-refractivity contribution in [3.8, 4) is 11.5 Å². The van der Waals surface area contributed by atoms with Crippen molar-refractivity contribution in [3.63, 3.8) is 0 Å². The van der Waals surface area contributed by atoms with Gasteiger partial charge in [0.2, 0.25) is 0 Å². The van der Waals surface area contributed by atoms with Crippen LogP contribution in [0.2, 0.25) is 10.0 Å². The minimum absolute atomic E-state index is 0.107. The van der Waals surface area contributed by atoms with Crippen molar-refractivity contribution in [3.05, 3.63) is 46.4 Å². The van der Waals surface area contributed by atoms with E-state index >= 15 is 0 Å². The molecule has 0 radical (unpaired) electrons. The van der Waals surface area contributed by atoms with Crippen LogP contribution < -0.4 is 10.5 Å². The summed E-state index contributed by atoms with van der Waals surface area (Å²) >= 11 is 11.6. The summed E-state index contributed by atoms with van der Waals surface area (Å²) < 4.78 is 38.9. The zero-order valence-corrected chi connectivity index (χ0v) is 12.2. The van der Waals surface area contributed by atoms with Gasteiger partial charge in [0, 0.05) is 10.7 Å². The molecule has 0 aliphatic heterocycles. The fraction of sp³-hybridized carbons (Fsp3) is 0. The Hall–Kier alpha value is -1.47. The lowest BCUT2D eigenvalue weighted by molar-refractivity contribution is 0.440. The first-order valence-electron chi connectivity index (χ1n) is 5.26. The molecular formula is C12H8Cl2NO4S-. The third-order valence-electron chi connectivity index (χ3n) is 2.35. The molecule has 0 aliphatic carbocycles. The monoisotopic (exact) mass is 332 g/mol. The highest BCUT2D eigenvalue weighted by molar-refractivity contribution is 7.85. The number of nitrogens with two attached hydrogens (primary N) is 1. The van der Waals surface area contributed by atoms with Gasteiger partial charge in [-0.15, -0.1) is 0 Å². The minimum atomic E-state index is -4.72. The number of hydrogen-bond acceptors (Lipinski definition) is 5. The van der Waals surface area contributed by atoms with Crippen molar-refractivity contribution < 1.29 is 17.7 Å². The molecule has 0 aromatic heterocycles. The lowest BCUT2D eigenvalue weighted by atomic mass is 10.3. The molecule has 106 valence electrons. The van der Waals surface area contributed by atoms with Crippen LogP contribution in [0.4, 0.5) is 5.69 Å². The van der Waals surface area contributed by atoms with Crippen LogP contribution in [0.5, 0.6) is 11.5 Å². The molecule has 2 aromatic rings. The molecule has 0 amide bonds. The number of hydrogen-bond donors (Lipinski definition) is 1. The average Bonchev–Trinajstić information content (AvgIpc) is 2.33. The highest BCUT2D eigenvalue weighted by Gasteiger charge is 2.13. The highest BCUT2D eigenvalue weighted by Crippen LogP contribution is 2.35. The Morgan fingerprint density at radius 1 is 1.05 bits per heavy atom. The summed E-state index contributed by atoms with van der Waals surface area (Å²) in [7, 11) is -4.72. The van der Waals surface area contributed by atoms with E-state index in [9.17, 15) is 13.0 Å². The summed E-state index contributed by atoms with van der Waals surface area (Å²) in [4.78, 5) is -0.558. The summed E-state index contributed by atoms with van der Waals surface area (Å²) in [5, 5.41) is 0.296.